The highest BCUT2D eigenvalue weighted by Crippen LogP contribution is 2.26. The Labute approximate surface area is 100.0 Å². The lowest BCUT2D eigenvalue weighted by molar-refractivity contribution is -0.139. The number of nitrogen functional groups attached to an aromatic ring is 2. The average molecular weight is 236 g/mol. The van der Waals surface area contributed by atoms with Gasteiger partial charge in [-0.2, -0.15) is 0 Å². The number of esters is 1. The van der Waals surface area contributed by atoms with E-state index >= 15 is 0 Å². The Hall–Kier alpha value is -2.17. The summed E-state index contributed by atoms with van der Waals surface area (Å²) in [4.78, 5) is 11.1. The van der Waals surface area contributed by atoms with E-state index in [9.17, 15) is 4.79 Å². The van der Waals surface area contributed by atoms with Crippen LogP contribution in [0.3, 0.4) is 0 Å². The van der Waals surface area contributed by atoms with Crippen LogP contribution >= 0.6 is 0 Å². The van der Waals surface area contributed by atoms with Crippen molar-refractivity contribution in [2.75, 3.05) is 24.7 Å². The fourth-order valence-electron chi connectivity index (χ4n) is 1.10. The Morgan fingerprint density at radius 2 is 2.06 bits per heavy atom. The topological polar surface area (TPSA) is 87.6 Å². The van der Waals surface area contributed by atoms with Gasteiger partial charge in [-0.3, -0.25) is 0 Å². The Morgan fingerprint density at radius 1 is 1.35 bits per heavy atom. The molecule has 0 spiro atoms. The van der Waals surface area contributed by atoms with E-state index in [2.05, 4.69) is 6.58 Å². The number of hydrogen-bond donors (Lipinski definition) is 2. The summed E-state index contributed by atoms with van der Waals surface area (Å²) in [6.45, 7) is 5.40. The minimum absolute atomic E-state index is 0.139. The second kappa shape index (κ2) is 5.79. The molecule has 0 aliphatic rings. The number of rotatable bonds is 5. The van der Waals surface area contributed by atoms with Crippen molar-refractivity contribution >= 4 is 17.3 Å². The fourth-order valence-corrected chi connectivity index (χ4v) is 1.10. The minimum Gasteiger partial charge on any atom is -0.488 e. The van der Waals surface area contributed by atoms with Crippen LogP contribution in [0.15, 0.2) is 30.4 Å². The van der Waals surface area contributed by atoms with Gasteiger partial charge in [-0.15, -0.1) is 0 Å². The molecule has 0 unspecified atom stereocenters. The Bertz CT molecular complexity index is 430. The molecule has 92 valence electrons. The Kier molecular flexibility index (Phi) is 4.39. The number of anilines is 2. The van der Waals surface area contributed by atoms with Gasteiger partial charge in [0.2, 0.25) is 0 Å². The van der Waals surface area contributed by atoms with E-state index < -0.39 is 5.97 Å². The maximum atomic E-state index is 11.1. The Morgan fingerprint density at radius 3 is 2.71 bits per heavy atom. The quantitative estimate of drug-likeness (QED) is 0.349. The van der Waals surface area contributed by atoms with Crippen LogP contribution in [0.1, 0.15) is 6.92 Å². The third-order valence-corrected chi connectivity index (χ3v) is 2.02. The van der Waals surface area contributed by atoms with Crippen molar-refractivity contribution in [3.63, 3.8) is 0 Å². The molecule has 17 heavy (non-hydrogen) atoms. The molecule has 1 rings (SSSR count). The summed E-state index contributed by atoms with van der Waals surface area (Å²) in [5.74, 6) is 0.0468. The van der Waals surface area contributed by atoms with Gasteiger partial charge in [0, 0.05) is 5.57 Å². The zero-order chi connectivity index (χ0) is 12.8. The molecule has 1 aromatic rings. The first-order valence-electron chi connectivity index (χ1n) is 5.11. The van der Waals surface area contributed by atoms with Crippen molar-refractivity contribution in [2.45, 2.75) is 6.92 Å². The first-order chi connectivity index (χ1) is 8.02. The summed E-state index contributed by atoms with van der Waals surface area (Å²) in [6.07, 6.45) is 0. The summed E-state index contributed by atoms with van der Waals surface area (Å²) in [5.41, 5.74) is 12.5. The zero-order valence-electron chi connectivity index (χ0n) is 9.73. The van der Waals surface area contributed by atoms with Gasteiger partial charge in [0.1, 0.15) is 19.0 Å². The van der Waals surface area contributed by atoms with Crippen LogP contribution in [0.2, 0.25) is 0 Å². The molecule has 0 saturated carbocycles. The van der Waals surface area contributed by atoms with E-state index in [1.807, 2.05) is 0 Å². The van der Waals surface area contributed by atoms with Crippen LogP contribution in [0.4, 0.5) is 11.4 Å². The number of nitrogens with two attached hydrogens (primary N) is 2. The number of carbonyl (C=O) groups excluding carboxylic acids is 1. The lowest BCUT2D eigenvalue weighted by Gasteiger charge is -2.10. The standard InChI is InChI=1S/C12H16N2O3/c1-8(2)12(15)17-7-6-16-10-5-3-4-9(13)11(10)14/h3-5H,1,6-7,13-14H2,2H3. The van der Waals surface area contributed by atoms with Gasteiger partial charge in [0.25, 0.3) is 0 Å². The molecule has 0 heterocycles. The third-order valence-electron chi connectivity index (χ3n) is 2.02. The lowest BCUT2D eigenvalue weighted by Crippen LogP contribution is -2.13. The highest BCUT2D eigenvalue weighted by molar-refractivity contribution is 5.86. The van der Waals surface area contributed by atoms with Crippen molar-refractivity contribution in [1.29, 1.82) is 0 Å². The summed E-state index contributed by atoms with van der Waals surface area (Å²) < 4.78 is 10.2. The summed E-state index contributed by atoms with van der Waals surface area (Å²) in [7, 11) is 0. The van der Waals surface area contributed by atoms with Gasteiger partial charge in [0.05, 0.1) is 11.4 Å². The van der Waals surface area contributed by atoms with Gasteiger partial charge < -0.3 is 20.9 Å². The predicted octanol–water partition coefficient (Wildman–Crippen LogP) is 1.35. The van der Waals surface area contributed by atoms with Crippen molar-refractivity contribution in [3.05, 3.63) is 30.4 Å². The molecule has 0 bridgehead atoms. The van der Waals surface area contributed by atoms with E-state index in [0.29, 0.717) is 22.7 Å². The molecule has 4 N–H and O–H groups in total. The molecule has 0 aromatic heterocycles. The van der Waals surface area contributed by atoms with Crippen LogP contribution in [0.5, 0.6) is 5.75 Å². The van der Waals surface area contributed by atoms with E-state index in [0.717, 1.165) is 0 Å². The third kappa shape index (κ3) is 3.71. The minimum atomic E-state index is -0.436. The number of para-hydroxylation sites is 1. The average Bonchev–Trinajstić information content (AvgIpc) is 2.29. The molecule has 0 aliphatic heterocycles. The van der Waals surface area contributed by atoms with Gasteiger partial charge in [-0.25, -0.2) is 4.79 Å². The number of carbonyl (C=O) groups is 1. The van der Waals surface area contributed by atoms with Gasteiger partial charge >= 0.3 is 5.97 Å². The lowest BCUT2D eigenvalue weighted by atomic mass is 10.2. The molecule has 0 fully saturated rings. The number of benzene rings is 1. The fraction of sp³-hybridized carbons (Fsp3) is 0.250. The van der Waals surface area contributed by atoms with Crippen LogP contribution in [-0.4, -0.2) is 19.2 Å². The highest BCUT2D eigenvalue weighted by atomic mass is 16.6. The number of hydrogen-bond acceptors (Lipinski definition) is 5. The molecule has 1 aromatic carbocycles. The maximum absolute atomic E-state index is 11.1. The maximum Gasteiger partial charge on any atom is 0.333 e. The first kappa shape index (κ1) is 12.9. The van der Waals surface area contributed by atoms with Crippen LogP contribution < -0.4 is 16.2 Å². The smallest absolute Gasteiger partial charge is 0.333 e. The Balaban J connectivity index is 2.39. The molecular weight excluding hydrogens is 220 g/mol. The van der Waals surface area contributed by atoms with Gasteiger partial charge in [0.15, 0.2) is 0 Å². The second-order valence-corrected chi connectivity index (χ2v) is 3.52. The molecule has 5 nitrogen and oxygen atoms in total. The molecule has 0 atom stereocenters. The molecule has 0 amide bonds. The molecule has 0 radical (unpaired) electrons. The van der Waals surface area contributed by atoms with Crippen LogP contribution in [-0.2, 0) is 9.53 Å². The van der Waals surface area contributed by atoms with Gasteiger partial charge in [-0.05, 0) is 19.1 Å². The zero-order valence-corrected chi connectivity index (χ0v) is 9.73. The summed E-state index contributed by atoms with van der Waals surface area (Å²) >= 11 is 0. The van der Waals surface area contributed by atoms with E-state index in [1.165, 1.54) is 0 Å². The summed E-state index contributed by atoms with van der Waals surface area (Å²) in [5, 5.41) is 0. The molecule has 0 aliphatic carbocycles. The van der Waals surface area contributed by atoms with Gasteiger partial charge in [-0.1, -0.05) is 12.6 Å². The van der Waals surface area contributed by atoms with Crippen molar-refractivity contribution in [3.8, 4) is 5.75 Å². The molecule has 0 saturated heterocycles. The monoisotopic (exact) mass is 236 g/mol. The predicted molar refractivity (Wildman–Crippen MR) is 66.5 cm³/mol. The largest absolute Gasteiger partial charge is 0.488 e. The van der Waals surface area contributed by atoms with Crippen molar-refractivity contribution < 1.29 is 14.3 Å². The first-order valence-corrected chi connectivity index (χ1v) is 5.11. The van der Waals surface area contributed by atoms with Crippen molar-refractivity contribution in [2.24, 2.45) is 0 Å². The molecule has 5 heteroatoms. The SMILES string of the molecule is C=C(C)C(=O)OCCOc1cccc(N)c1N. The summed E-state index contributed by atoms with van der Waals surface area (Å²) in [6, 6.07) is 5.12. The second-order valence-electron chi connectivity index (χ2n) is 3.52. The normalized spacial score (nSPS) is 9.71. The highest BCUT2D eigenvalue weighted by Gasteiger charge is 2.05. The van der Waals surface area contributed by atoms with E-state index in [1.54, 1.807) is 25.1 Å². The van der Waals surface area contributed by atoms with Crippen molar-refractivity contribution in [1.82, 2.24) is 0 Å². The van der Waals surface area contributed by atoms with Crippen LogP contribution in [0, 0.1) is 0 Å². The van der Waals surface area contributed by atoms with Crippen LogP contribution in [0.25, 0.3) is 0 Å². The van der Waals surface area contributed by atoms with E-state index in [-0.39, 0.29) is 13.2 Å². The number of ether oxygens (including phenoxy) is 2. The van der Waals surface area contributed by atoms with E-state index in [4.69, 9.17) is 20.9 Å². The molecular formula is C12H16N2O3.